The van der Waals surface area contributed by atoms with Crippen molar-refractivity contribution in [2.45, 2.75) is 13.0 Å². The summed E-state index contributed by atoms with van der Waals surface area (Å²) in [5.41, 5.74) is 1.25. The van der Waals surface area contributed by atoms with Crippen LogP contribution < -0.4 is 0 Å². The zero-order valence-corrected chi connectivity index (χ0v) is 9.68. The van der Waals surface area contributed by atoms with Crippen molar-refractivity contribution in [2.24, 2.45) is 0 Å². The van der Waals surface area contributed by atoms with Crippen molar-refractivity contribution in [2.75, 3.05) is 0 Å². The Labute approximate surface area is 96.5 Å². The third-order valence-electron chi connectivity index (χ3n) is 2.14. The molecule has 0 bridgehead atoms. The van der Waals surface area contributed by atoms with Gasteiger partial charge in [-0.1, -0.05) is 28.1 Å². The molecule has 78 valence electrons. The van der Waals surface area contributed by atoms with E-state index in [1.807, 2.05) is 12.1 Å². The van der Waals surface area contributed by atoms with E-state index in [0.29, 0.717) is 0 Å². The van der Waals surface area contributed by atoms with E-state index in [1.165, 1.54) is 11.8 Å². The summed E-state index contributed by atoms with van der Waals surface area (Å²) < 4.78 is 2.82. The molecule has 1 N–H and O–H groups in total. The molecule has 0 aliphatic carbocycles. The molecule has 3 nitrogen and oxygen atoms in total. The molecule has 0 aliphatic rings. The summed E-state index contributed by atoms with van der Waals surface area (Å²) in [4.78, 5) is 0. The molecular weight excluding hydrogens is 256 g/mol. The molecule has 4 heteroatoms. The minimum absolute atomic E-state index is 0.212. The van der Waals surface area contributed by atoms with Crippen LogP contribution in [0.4, 0.5) is 0 Å². The fraction of sp³-hybridized carbons (Fsp3) is 0.182. The maximum Gasteiger partial charge on any atom is 0.153 e. The van der Waals surface area contributed by atoms with Crippen LogP contribution in [-0.2, 0) is 13.0 Å². The van der Waals surface area contributed by atoms with Gasteiger partial charge in [-0.15, -0.1) is 0 Å². The number of aryl methyl sites for hydroxylation is 2. The third-order valence-corrected chi connectivity index (χ3v) is 2.63. The number of nitrogens with zero attached hydrogens (tertiary/aromatic N) is 2. The van der Waals surface area contributed by atoms with Gasteiger partial charge in [0.2, 0.25) is 0 Å². The van der Waals surface area contributed by atoms with Crippen molar-refractivity contribution in [1.82, 2.24) is 9.78 Å². The Hall–Kier alpha value is -1.29. The van der Waals surface area contributed by atoms with Crippen LogP contribution in [0.15, 0.2) is 41.1 Å². The van der Waals surface area contributed by atoms with E-state index >= 15 is 0 Å². The molecule has 0 saturated carbocycles. The quantitative estimate of drug-likeness (QED) is 0.928. The minimum Gasteiger partial charge on any atom is -0.505 e. The highest BCUT2D eigenvalue weighted by molar-refractivity contribution is 9.10. The highest BCUT2D eigenvalue weighted by Gasteiger charge is 1.97. The summed E-state index contributed by atoms with van der Waals surface area (Å²) in [6.45, 7) is 0.775. The first-order valence-electron chi connectivity index (χ1n) is 4.70. The monoisotopic (exact) mass is 266 g/mol. The number of hydrogen-bond donors (Lipinski definition) is 1. The van der Waals surface area contributed by atoms with E-state index < -0.39 is 0 Å². The second kappa shape index (κ2) is 4.49. The van der Waals surface area contributed by atoms with Gasteiger partial charge in [-0.05, 0) is 24.1 Å². The van der Waals surface area contributed by atoms with Crippen LogP contribution in [0.1, 0.15) is 5.56 Å². The molecule has 1 aromatic heterocycles. The average Bonchev–Trinajstić information content (AvgIpc) is 2.62. The van der Waals surface area contributed by atoms with Gasteiger partial charge in [0.15, 0.2) is 5.75 Å². The largest absolute Gasteiger partial charge is 0.505 e. The third kappa shape index (κ3) is 2.83. The molecule has 0 unspecified atom stereocenters. The highest BCUT2D eigenvalue weighted by atomic mass is 79.9. The van der Waals surface area contributed by atoms with Crippen molar-refractivity contribution in [1.29, 1.82) is 0 Å². The van der Waals surface area contributed by atoms with Gasteiger partial charge in [-0.2, -0.15) is 5.10 Å². The number of halogens is 1. The van der Waals surface area contributed by atoms with Crippen LogP contribution in [0.5, 0.6) is 5.75 Å². The number of hydrogen-bond acceptors (Lipinski definition) is 2. The van der Waals surface area contributed by atoms with Gasteiger partial charge in [-0.3, -0.25) is 4.68 Å². The van der Waals surface area contributed by atoms with E-state index in [4.69, 9.17) is 5.11 Å². The van der Waals surface area contributed by atoms with Crippen LogP contribution in [0.3, 0.4) is 0 Å². The molecule has 0 spiro atoms. The molecule has 0 atom stereocenters. The van der Waals surface area contributed by atoms with Crippen LogP contribution in [0.25, 0.3) is 0 Å². The number of aromatic nitrogens is 2. The predicted molar refractivity (Wildman–Crippen MR) is 61.7 cm³/mol. The summed E-state index contributed by atoms with van der Waals surface area (Å²) in [6, 6.07) is 8.18. The fourth-order valence-corrected chi connectivity index (χ4v) is 1.86. The van der Waals surface area contributed by atoms with E-state index in [2.05, 4.69) is 33.2 Å². The molecule has 15 heavy (non-hydrogen) atoms. The Kier molecular flexibility index (Phi) is 3.06. The van der Waals surface area contributed by atoms with E-state index in [0.717, 1.165) is 17.4 Å². The van der Waals surface area contributed by atoms with Crippen molar-refractivity contribution in [3.8, 4) is 5.75 Å². The second-order valence-electron chi connectivity index (χ2n) is 3.34. The Balaban J connectivity index is 1.99. The lowest BCUT2D eigenvalue weighted by Crippen LogP contribution is -2.01. The van der Waals surface area contributed by atoms with Crippen molar-refractivity contribution < 1.29 is 5.11 Å². The van der Waals surface area contributed by atoms with E-state index in [-0.39, 0.29) is 5.75 Å². The topological polar surface area (TPSA) is 38.1 Å². The molecular formula is C11H11BrN2O. The Morgan fingerprint density at radius 1 is 1.40 bits per heavy atom. The molecule has 0 radical (unpaired) electrons. The summed E-state index contributed by atoms with van der Waals surface area (Å²) in [5.74, 6) is 0.212. The van der Waals surface area contributed by atoms with Gasteiger partial charge >= 0.3 is 0 Å². The molecule has 0 aliphatic heterocycles. The van der Waals surface area contributed by atoms with Crippen LogP contribution in [-0.4, -0.2) is 14.9 Å². The summed E-state index contributed by atoms with van der Waals surface area (Å²) in [7, 11) is 0. The molecule has 2 aromatic rings. The van der Waals surface area contributed by atoms with Crippen LogP contribution in [0.2, 0.25) is 0 Å². The highest BCUT2D eigenvalue weighted by Crippen LogP contribution is 2.13. The molecule has 1 aromatic carbocycles. The molecule has 1 heterocycles. The van der Waals surface area contributed by atoms with Gasteiger partial charge in [-0.25, -0.2) is 0 Å². The van der Waals surface area contributed by atoms with Gasteiger partial charge in [0.05, 0.1) is 12.4 Å². The first kappa shape index (κ1) is 10.2. The van der Waals surface area contributed by atoms with Gasteiger partial charge in [0, 0.05) is 11.0 Å². The molecule has 0 amide bonds. The van der Waals surface area contributed by atoms with Gasteiger partial charge in [0.25, 0.3) is 0 Å². The molecule has 2 rings (SSSR count). The average molecular weight is 267 g/mol. The molecule has 0 fully saturated rings. The number of aromatic hydroxyl groups is 1. The smallest absolute Gasteiger partial charge is 0.153 e. The first-order chi connectivity index (χ1) is 7.24. The summed E-state index contributed by atoms with van der Waals surface area (Å²) in [5, 5.41) is 13.1. The van der Waals surface area contributed by atoms with Gasteiger partial charge < -0.3 is 5.11 Å². The van der Waals surface area contributed by atoms with Crippen LogP contribution in [0, 0.1) is 0 Å². The standard InChI is InChI=1S/C11H11BrN2O/c12-10-3-1-2-9(6-10)4-5-14-8-11(15)7-13-14/h1-3,6-8,15H,4-5H2. The molecule has 0 saturated heterocycles. The van der Waals surface area contributed by atoms with Crippen molar-refractivity contribution >= 4 is 15.9 Å². The predicted octanol–water partition coefficient (Wildman–Crippen LogP) is 2.59. The zero-order valence-electron chi connectivity index (χ0n) is 8.10. The number of benzene rings is 1. The lowest BCUT2D eigenvalue weighted by Gasteiger charge is -2.02. The maximum absolute atomic E-state index is 9.10. The van der Waals surface area contributed by atoms with Crippen molar-refractivity contribution in [3.63, 3.8) is 0 Å². The maximum atomic E-state index is 9.10. The lowest BCUT2D eigenvalue weighted by molar-refractivity contribution is 0.473. The lowest BCUT2D eigenvalue weighted by atomic mass is 10.1. The van der Waals surface area contributed by atoms with E-state index in [1.54, 1.807) is 10.9 Å². The van der Waals surface area contributed by atoms with Gasteiger partial charge in [0.1, 0.15) is 0 Å². The Morgan fingerprint density at radius 2 is 2.27 bits per heavy atom. The Bertz CT molecular complexity index is 453. The summed E-state index contributed by atoms with van der Waals surface area (Å²) >= 11 is 3.43. The minimum atomic E-state index is 0.212. The normalized spacial score (nSPS) is 10.5. The SMILES string of the molecule is Oc1cnn(CCc2cccc(Br)c2)c1. The first-order valence-corrected chi connectivity index (χ1v) is 5.49. The zero-order chi connectivity index (χ0) is 10.7. The van der Waals surface area contributed by atoms with Crippen molar-refractivity contribution in [3.05, 3.63) is 46.7 Å². The Morgan fingerprint density at radius 3 is 2.93 bits per heavy atom. The fourth-order valence-electron chi connectivity index (χ4n) is 1.41. The second-order valence-corrected chi connectivity index (χ2v) is 4.26. The number of rotatable bonds is 3. The summed E-state index contributed by atoms with van der Waals surface area (Å²) in [6.07, 6.45) is 3.97. The van der Waals surface area contributed by atoms with Crippen LogP contribution >= 0.6 is 15.9 Å². The van der Waals surface area contributed by atoms with E-state index in [9.17, 15) is 0 Å².